The minimum absolute atomic E-state index is 0.00843. The van der Waals surface area contributed by atoms with E-state index in [0.29, 0.717) is 83.4 Å². The number of ether oxygens (including phenoxy) is 8. The van der Waals surface area contributed by atoms with Gasteiger partial charge in [0.15, 0.2) is 0 Å². The van der Waals surface area contributed by atoms with Crippen molar-refractivity contribution >= 4 is 67.5 Å². The minimum Gasteiger partial charge on any atom is -0.508 e. The molecule has 6 aromatic rings. The summed E-state index contributed by atoms with van der Waals surface area (Å²) >= 11 is 6.22. The second kappa shape index (κ2) is 49.3. The number of nitrogens with zero attached hydrogens (tertiary/aromatic N) is 1. The Bertz CT molecular complexity index is 4900. The Hall–Kier alpha value is -11.1. The number of rotatable bonds is 30. The fourth-order valence-electron chi connectivity index (χ4n) is 14.1. The van der Waals surface area contributed by atoms with E-state index in [1.165, 1.54) is 55.7 Å². The van der Waals surface area contributed by atoms with Crippen molar-refractivity contribution in [3.05, 3.63) is 217 Å². The van der Waals surface area contributed by atoms with Gasteiger partial charge in [-0.2, -0.15) is 35.1 Å². The Labute approximate surface area is 762 Å². The van der Waals surface area contributed by atoms with E-state index in [1.54, 1.807) is 0 Å². The lowest BCUT2D eigenvalue weighted by Gasteiger charge is -2.47. The molecular formula is C92H109Br2F8NO27. The Morgan fingerprint density at radius 2 is 0.992 bits per heavy atom. The summed E-state index contributed by atoms with van der Waals surface area (Å²) < 4.78 is 153. The summed E-state index contributed by atoms with van der Waals surface area (Å²) in [5, 5.41) is 102. The fourth-order valence-corrected chi connectivity index (χ4v) is 14.6. The zero-order chi connectivity index (χ0) is 97.6. The number of phenols is 4. The number of benzene rings is 6. The maximum Gasteiger partial charge on any atom is 0.381 e. The number of esters is 3. The summed E-state index contributed by atoms with van der Waals surface area (Å²) in [7, 11) is 2.66. The maximum atomic E-state index is 14.7. The Morgan fingerprint density at radius 3 is 1.38 bits per heavy atom. The summed E-state index contributed by atoms with van der Waals surface area (Å²) in [5.41, 5.74) is 0.453. The highest BCUT2D eigenvalue weighted by molar-refractivity contribution is 9.09. The van der Waals surface area contributed by atoms with Gasteiger partial charge in [0, 0.05) is 98.8 Å². The average Bonchev–Trinajstić information content (AvgIpc) is 0.738. The van der Waals surface area contributed by atoms with Crippen molar-refractivity contribution in [3.8, 4) is 51.7 Å². The first kappa shape index (κ1) is 109. The number of hydrogen-bond acceptors (Lipinski definition) is 25. The van der Waals surface area contributed by atoms with Gasteiger partial charge in [-0.3, -0.25) is 4.79 Å². The first-order valence-corrected chi connectivity index (χ1v) is 42.9. The number of ketones is 1. The number of aromatic hydroxyl groups is 4. The molecule has 6 atom stereocenters. The van der Waals surface area contributed by atoms with Crippen LogP contribution in [-0.4, -0.2) is 173 Å². The summed E-state index contributed by atoms with van der Waals surface area (Å²) in [4.78, 5) is 81.1. The van der Waals surface area contributed by atoms with Crippen LogP contribution in [0.15, 0.2) is 157 Å². The van der Waals surface area contributed by atoms with Gasteiger partial charge in [-0.1, -0.05) is 97.7 Å². The van der Waals surface area contributed by atoms with Crippen LogP contribution in [0, 0.1) is 27.9 Å². The number of aliphatic carboxylic acids is 2. The molecule has 0 saturated heterocycles. The van der Waals surface area contributed by atoms with Crippen LogP contribution >= 0.6 is 31.9 Å². The average molecular weight is 1970 g/mol. The Balaban J connectivity index is 0.000000278. The second-order valence-corrected chi connectivity index (χ2v) is 33.5. The highest BCUT2D eigenvalue weighted by atomic mass is 79.9. The monoisotopic (exact) mass is 1970 g/mol. The molecular weight excluding hydrogens is 1860 g/mol. The zero-order valence-electron chi connectivity index (χ0n) is 73.1. The van der Waals surface area contributed by atoms with Gasteiger partial charge in [0.1, 0.15) is 62.9 Å². The van der Waals surface area contributed by atoms with Crippen LogP contribution in [0.5, 0.6) is 51.7 Å². The molecule has 130 heavy (non-hydrogen) atoms. The van der Waals surface area contributed by atoms with Gasteiger partial charge in [0.25, 0.3) is 10.9 Å². The topological polar surface area (TPSA) is 431 Å². The predicted octanol–water partition coefficient (Wildman–Crippen LogP) is 17.7. The van der Waals surface area contributed by atoms with Crippen LogP contribution < -0.4 is 23.7 Å². The van der Waals surface area contributed by atoms with E-state index < -0.39 is 128 Å². The highest BCUT2D eigenvalue weighted by Gasteiger charge is 2.52. The maximum absolute atomic E-state index is 14.7. The Morgan fingerprint density at radius 1 is 0.562 bits per heavy atom. The van der Waals surface area contributed by atoms with E-state index >= 15 is 0 Å². The number of halogens is 10. The van der Waals surface area contributed by atoms with Gasteiger partial charge in [-0.15, -0.1) is 10.1 Å². The van der Waals surface area contributed by atoms with Crippen LogP contribution in [0.3, 0.4) is 0 Å². The number of alkyl halides is 10. The van der Waals surface area contributed by atoms with Crippen molar-refractivity contribution in [2.45, 2.75) is 185 Å². The van der Waals surface area contributed by atoms with E-state index in [9.17, 15) is 89.3 Å². The molecule has 0 radical (unpaired) electrons. The summed E-state index contributed by atoms with van der Waals surface area (Å²) in [6, 6.07) is 23.3. The molecule has 6 aromatic carbocycles. The van der Waals surface area contributed by atoms with Gasteiger partial charge in [0.2, 0.25) is 0 Å². The first-order valence-electron chi connectivity index (χ1n) is 40.7. The number of aliphatic hydroxyl groups excluding tert-OH is 3. The number of Topliss-reactive ketones (excluding diaryl/α,β-unsaturated/α-hetero) is 1. The van der Waals surface area contributed by atoms with Crippen molar-refractivity contribution in [1.29, 1.82) is 0 Å². The van der Waals surface area contributed by atoms with E-state index in [2.05, 4.69) is 75.7 Å². The SMILES string of the molecule is C=C(C)[C@H]1C=CC(C)(O)CC1.CC1=CC[C@@H]2[C@@H](C1)c1c(O)cc(C(F)(F)C(=O)OCCCBr)cc1OC2(C)C.CC1=CC[C@@H]2[C@@H](C1)c1c(O)cc(C(F)(F)C(=O)OCCCO[N+](=O)[O-])cc1OC2(C)C.COc1cc(CO)cc(C(=O)C(=O)O)c1.COc1cc(CO)cc(C(F)(F)C(=O)O)c1.O=C(OCCCBr)C(F)(F)c1cc(O)cc(O)c1.OCCCOc1ccccc1. The number of carboxylic acid groups (broad SMARTS) is 2. The van der Waals surface area contributed by atoms with Gasteiger partial charge >= 0.3 is 53.5 Å². The number of para-hydroxylation sites is 1. The minimum atomic E-state index is -4.04. The van der Waals surface area contributed by atoms with Crippen molar-refractivity contribution in [1.82, 2.24) is 0 Å². The molecule has 3 aliphatic carbocycles. The number of allylic oxidation sites excluding steroid dienone is 6. The molecule has 0 fully saturated rings. The molecule has 38 heteroatoms. The lowest BCUT2D eigenvalue weighted by molar-refractivity contribution is -0.757. The molecule has 714 valence electrons. The fraction of sp³-hybridized carbons (Fsp3) is 0.457. The molecule has 0 amide bonds. The second-order valence-electron chi connectivity index (χ2n) is 31.9. The van der Waals surface area contributed by atoms with Crippen LogP contribution in [0.2, 0.25) is 0 Å². The van der Waals surface area contributed by atoms with Crippen LogP contribution in [0.1, 0.15) is 186 Å². The number of methoxy groups -OCH3 is 2. The standard InChI is InChI=1S/C21H25BrF2O4.C21H25F2NO7.C11H11BrF2O4.C10H10F2O4.C10H10O5.C10H16O.C9H12O2/c1-12-5-6-15-14(9-12)18-16(25)10-13(11-17(18)28-20(15,2)3)21(23,24)19(26)27-8-4-7-22;1-12-5-6-15-14(9-12)18-16(25)10-13(11-17(18)31-20(15,2)3)21(22,23)19(26)29-7-4-8-30-24(27)28;12-2-1-3-18-10(17)11(13,14)7-4-8(15)6-9(16)5-7;1-16-8-3-6(5-13)2-7(4-8)10(11,12)9(14)15;1-15-8-3-6(5-11)2-7(4-8)9(12)10(13)14;1-8(2)9-4-6-10(3,11)7-5-9;10-7-4-8-11-9-5-2-1-3-6-9/h5,10-11,14-15,25H,4,6-9H2,1-3H3;5,10-11,14-15,25H,4,6-9H2,1-3H3;4-6,15-16H,1-3H2;2-4,13H,5H2,1H3,(H,14,15);2-4,11H,5H2,1H3,(H,13,14);4,6,9,11H,1,5,7H2,2-3H3;1-3,5-6,10H,4,7-8H2/t2*14-,15-;;;;9-,10?;/m11...0./s1. The van der Waals surface area contributed by atoms with Gasteiger partial charge in [-0.05, 0) is 209 Å². The molecule has 0 spiro atoms. The number of hydrogen-bond donors (Lipinski definition) is 10. The molecule has 5 aliphatic rings. The van der Waals surface area contributed by atoms with E-state index in [0.717, 1.165) is 79.8 Å². The quantitative estimate of drug-likeness (QED) is 0.00191. The first-order chi connectivity index (χ1) is 60.8. The molecule has 0 saturated carbocycles. The number of carbonyl (C=O) groups is 6. The molecule has 28 nitrogen and oxygen atoms in total. The molecule has 0 bridgehead atoms. The number of carboxylic acids is 2. The predicted molar refractivity (Wildman–Crippen MR) is 465 cm³/mol. The molecule has 2 heterocycles. The van der Waals surface area contributed by atoms with E-state index in [-0.39, 0.29) is 103 Å². The summed E-state index contributed by atoms with van der Waals surface area (Å²) in [6.07, 6.45) is 14.5. The highest BCUT2D eigenvalue weighted by Crippen LogP contribution is 2.57. The molecule has 2 aliphatic heterocycles. The van der Waals surface area contributed by atoms with Gasteiger partial charge in [-0.25, -0.2) is 24.0 Å². The van der Waals surface area contributed by atoms with Crippen molar-refractivity contribution in [2.75, 3.05) is 64.5 Å². The lowest BCUT2D eigenvalue weighted by Crippen LogP contribution is -2.45. The lowest BCUT2D eigenvalue weighted by atomic mass is 9.67. The van der Waals surface area contributed by atoms with Crippen LogP contribution in [0.25, 0.3) is 0 Å². The third-order valence-electron chi connectivity index (χ3n) is 21.0. The van der Waals surface area contributed by atoms with Crippen molar-refractivity contribution in [2.24, 2.45) is 17.8 Å². The number of fused-ring (bicyclic) bond motifs is 6. The number of aliphatic hydroxyl groups is 4. The molecule has 11 rings (SSSR count). The third-order valence-corrected chi connectivity index (χ3v) is 22.1. The van der Waals surface area contributed by atoms with Crippen LogP contribution in [-0.2, 0) is 79.9 Å². The zero-order valence-corrected chi connectivity index (χ0v) is 76.2. The molecule has 0 aromatic heterocycles. The van der Waals surface area contributed by atoms with Crippen molar-refractivity contribution in [3.63, 3.8) is 0 Å². The number of phenolic OH excluding ortho intramolecular Hbond substituents is 4. The molecule has 1 unspecified atom stereocenters. The normalized spacial score (nSPS) is 18.2. The van der Waals surface area contributed by atoms with Crippen LogP contribution in [0.4, 0.5) is 35.1 Å². The summed E-state index contributed by atoms with van der Waals surface area (Å²) in [6.45, 7) is 18.3. The number of carbonyl (C=O) groups excluding carboxylic acids is 4. The summed E-state index contributed by atoms with van der Waals surface area (Å²) in [5.74, 6) is -25.3. The van der Waals surface area contributed by atoms with Crippen molar-refractivity contribution < 1.29 is 163 Å². The van der Waals surface area contributed by atoms with Gasteiger partial charge < -0.3 is 93.8 Å². The third kappa shape index (κ3) is 31.3. The van der Waals surface area contributed by atoms with E-state index in [4.69, 9.17) is 59.4 Å². The molecule has 10 N–H and O–H groups in total. The largest absolute Gasteiger partial charge is 0.508 e. The van der Waals surface area contributed by atoms with E-state index in [1.807, 2.05) is 91.8 Å². The smallest absolute Gasteiger partial charge is 0.381 e. The Kier molecular flexibility index (Phi) is 41.5. The van der Waals surface area contributed by atoms with Gasteiger partial charge in [0.05, 0.1) is 66.1 Å².